The van der Waals surface area contributed by atoms with E-state index in [1.54, 1.807) is 0 Å². The summed E-state index contributed by atoms with van der Waals surface area (Å²) in [6.07, 6.45) is 8.10. The van der Waals surface area contributed by atoms with Crippen LogP contribution in [-0.2, 0) is 0 Å². The van der Waals surface area contributed by atoms with Gasteiger partial charge in [-0.3, -0.25) is 0 Å². The molecule has 0 bridgehead atoms. The Labute approximate surface area is 56.6 Å². The van der Waals surface area contributed by atoms with E-state index in [1.807, 2.05) is 0 Å². The molecule has 1 heteroatoms. The summed E-state index contributed by atoms with van der Waals surface area (Å²) in [4.78, 5) is 0. The first kappa shape index (κ1) is 6.64. The molecule has 1 nitrogen and oxygen atoms in total. The molecule has 0 unspecified atom stereocenters. The second-order valence-electron chi connectivity index (χ2n) is 3.26. The summed E-state index contributed by atoms with van der Waals surface area (Å²) < 4.78 is 0. The minimum absolute atomic E-state index is 0.00810. The molecule has 0 aromatic carbocycles. The van der Waals surface area contributed by atoms with Crippen LogP contribution in [0.1, 0.15) is 26.2 Å². The van der Waals surface area contributed by atoms with Gasteiger partial charge in [0.25, 0.3) is 0 Å². The van der Waals surface area contributed by atoms with Crippen LogP contribution < -0.4 is 5.73 Å². The van der Waals surface area contributed by atoms with Crippen LogP contribution in [0.2, 0.25) is 0 Å². The van der Waals surface area contributed by atoms with Gasteiger partial charge in [-0.2, -0.15) is 0 Å². The molecule has 9 heavy (non-hydrogen) atoms. The Morgan fingerprint density at radius 1 is 1.78 bits per heavy atom. The fourth-order valence-corrected chi connectivity index (χ4v) is 1.68. The van der Waals surface area contributed by atoms with Gasteiger partial charge in [0.1, 0.15) is 0 Å². The summed E-state index contributed by atoms with van der Waals surface area (Å²) in [6, 6.07) is 0. The van der Waals surface area contributed by atoms with Crippen LogP contribution in [0.25, 0.3) is 0 Å². The first-order chi connectivity index (χ1) is 4.16. The van der Waals surface area contributed by atoms with Crippen molar-refractivity contribution in [1.82, 2.24) is 0 Å². The second kappa shape index (κ2) is 2.04. The van der Waals surface area contributed by atoms with E-state index < -0.39 is 0 Å². The number of hydrogen-bond acceptors (Lipinski definition) is 1. The average Bonchev–Trinajstić information content (AvgIpc) is 1.62. The molecule has 0 atom stereocenters. The fourth-order valence-electron chi connectivity index (χ4n) is 1.68. The molecule has 1 aliphatic carbocycles. The maximum Gasteiger partial charge on any atom is 0.0270 e. The Hall–Kier alpha value is -0.480. The zero-order chi connectivity index (χ0) is 6.91. The molecule has 0 heterocycles. The maximum absolute atomic E-state index is 5.86. The first-order valence-electron chi connectivity index (χ1n) is 3.39. The molecule has 0 radical (unpaired) electrons. The smallest absolute Gasteiger partial charge is 0.0270 e. The van der Waals surface area contributed by atoms with Crippen LogP contribution >= 0.6 is 0 Å². The Morgan fingerprint density at radius 2 is 2.33 bits per heavy atom. The van der Waals surface area contributed by atoms with Crippen LogP contribution in [0.3, 0.4) is 0 Å². The third-order valence-electron chi connectivity index (χ3n) is 1.96. The number of nitrogens with two attached hydrogens (primary N) is 1. The van der Waals surface area contributed by atoms with Gasteiger partial charge in [0, 0.05) is 12.0 Å². The van der Waals surface area contributed by atoms with Crippen LogP contribution in [0.15, 0.2) is 0 Å². The van der Waals surface area contributed by atoms with Gasteiger partial charge in [-0.1, -0.05) is 6.92 Å². The number of rotatable bonds is 1. The number of terminal acetylenes is 1. The van der Waals surface area contributed by atoms with E-state index in [9.17, 15) is 0 Å². The lowest BCUT2D eigenvalue weighted by Crippen LogP contribution is -2.50. The highest BCUT2D eigenvalue weighted by atomic mass is 14.8. The molecule has 0 amide bonds. The molecule has 0 saturated heterocycles. The van der Waals surface area contributed by atoms with Crippen molar-refractivity contribution in [1.29, 1.82) is 0 Å². The van der Waals surface area contributed by atoms with Gasteiger partial charge in [0.05, 0.1) is 0 Å². The van der Waals surface area contributed by atoms with Gasteiger partial charge >= 0.3 is 0 Å². The van der Waals surface area contributed by atoms with E-state index in [0.717, 1.165) is 25.2 Å². The predicted molar refractivity (Wildman–Crippen MR) is 38.8 cm³/mol. The fraction of sp³-hybridized carbons (Fsp3) is 0.750. The number of hydrogen-bond donors (Lipinski definition) is 1. The summed E-state index contributed by atoms with van der Waals surface area (Å²) in [5, 5.41) is 0. The van der Waals surface area contributed by atoms with E-state index in [4.69, 9.17) is 12.2 Å². The van der Waals surface area contributed by atoms with Crippen LogP contribution in [-0.4, -0.2) is 5.54 Å². The van der Waals surface area contributed by atoms with Gasteiger partial charge in [-0.15, -0.1) is 12.3 Å². The van der Waals surface area contributed by atoms with E-state index >= 15 is 0 Å². The lowest BCUT2D eigenvalue weighted by atomic mass is 9.68. The van der Waals surface area contributed by atoms with Crippen molar-refractivity contribution in [2.75, 3.05) is 0 Å². The molecular weight excluding hydrogens is 110 g/mol. The standard InChI is InChI=1S/C8H13N/c1-3-4-8(9)5-7(2)6-8/h1,7H,4-6,9H2,2H3. The van der Waals surface area contributed by atoms with Gasteiger partial charge in [-0.05, 0) is 18.8 Å². The molecule has 0 aromatic rings. The Morgan fingerprint density at radius 3 is 2.67 bits per heavy atom. The van der Waals surface area contributed by atoms with E-state index in [2.05, 4.69) is 12.8 Å². The molecular formula is C8H13N. The summed E-state index contributed by atoms with van der Waals surface area (Å²) in [5.41, 5.74) is 5.87. The van der Waals surface area contributed by atoms with E-state index in [-0.39, 0.29) is 5.54 Å². The zero-order valence-electron chi connectivity index (χ0n) is 5.85. The highest BCUT2D eigenvalue weighted by Crippen LogP contribution is 2.37. The minimum atomic E-state index is 0.00810. The summed E-state index contributed by atoms with van der Waals surface area (Å²) >= 11 is 0. The zero-order valence-corrected chi connectivity index (χ0v) is 5.85. The van der Waals surface area contributed by atoms with Crippen LogP contribution in [0.4, 0.5) is 0 Å². The molecule has 0 spiro atoms. The molecule has 0 aromatic heterocycles. The average molecular weight is 123 g/mol. The third-order valence-corrected chi connectivity index (χ3v) is 1.96. The SMILES string of the molecule is C#CCC1(N)CC(C)C1. The van der Waals surface area contributed by atoms with Crippen molar-refractivity contribution >= 4 is 0 Å². The topological polar surface area (TPSA) is 26.0 Å². The molecule has 1 saturated carbocycles. The molecule has 2 N–H and O–H groups in total. The monoisotopic (exact) mass is 123 g/mol. The lowest BCUT2D eigenvalue weighted by molar-refractivity contribution is 0.168. The highest BCUT2D eigenvalue weighted by Gasteiger charge is 2.37. The third kappa shape index (κ3) is 1.25. The predicted octanol–water partition coefficient (Wildman–Crippen LogP) is 1.14. The van der Waals surface area contributed by atoms with E-state index in [0.29, 0.717) is 0 Å². The second-order valence-corrected chi connectivity index (χ2v) is 3.26. The molecule has 0 aliphatic heterocycles. The van der Waals surface area contributed by atoms with Gasteiger partial charge in [-0.25, -0.2) is 0 Å². The Kier molecular flexibility index (Phi) is 1.50. The van der Waals surface area contributed by atoms with Gasteiger partial charge in [0.15, 0.2) is 0 Å². The van der Waals surface area contributed by atoms with Crippen molar-refractivity contribution in [3.8, 4) is 12.3 Å². The molecule has 1 aliphatic rings. The quantitative estimate of drug-likeness (QED) is 0.520. The Balaban J connectivity index is 2.34. The normalized spacial score (nSPS) is 41.2. The first-order valence-corrected chi connectivity index (χ1v) is 3.39. The molecule has 50 valence electrons. The van der Waals surface area contributed by atoms with Gasteiger partial charge < -0.3 is 5.73 Å². The summed E-state index contributed by atoms with van der Waals surface area (Å²) in [5.74, 6) is 3.40. The van der Waals surface area contributed by atoms with E-state index in [1.165, 1.54) is 0 Å². The maximum atomic E-state index is 5.86. The van der Waals surface area contributed by atoms with Gasteiger partial charge in [0.2, 0.25) is 0 Å². The van der Waals surface area contributed by atoms with Crippen LogP contribution in [0.5, 0.6) is 0 Å². The minimum Gasteiger partial charge on any atom is -0.324 e. The summed E-state index contributed by atoms with van der Waals surface area (Å²) in [7, 11) is 0. The molecule has 1 fully saturated rings. The van der Waals surface area contributed by atoms with Crippen molar-refractivity contribution in [3.05, 3.63) is 0 Å². The van der Waals surface area contributed by atoms with Crippen molar-refractivity contribution < 1.29 is 0 Å². The Bertz CT molecular complexity index is 137. The van der Waals surface area contributed by atoms with Crippen molar-refractivity contribution in [3.63, 3.8) is 0 Å². The van der Waals surface area contributed by atoms with Crippen LogP contribution in [0, 0.1) is 18.3 Å². The van der Waals surface area contributed by atoms with Crippen molar-refractivity contribution in [2.24, 2.45) is 11.7 Å². The molecule has 1 rings (SSSR count). The largest absolute Gasteiger partial charge is 0.324 e. The lowest BCUT2D eigenvalue weighted by Gasteiger charge is -2.42. The summed E-state index contributed by atoms with van der Waals surface area (Å²) in [6.45, 7) is 2.21. The van der Waals surface area contributed by atoms with Crippen molar-refractivity contribution in [2.45, 2.75) is 31.7 Å². The highest BCUT2D eigenvalue weighted by molar-refractivity contribution is 5.04.